The first-order chi connectivity index (χ1) is 9.99. The molecule has 2 N–H and O–H groups in total. The van der Waals surface area contributed by atoms with E-state index in [0.29, 0.717) is 17.5 Å². The molecule has 6 heteroatoms. The van der Waals surface area contributed by atoms with Crippen LogP contribution in [0, 0.1) is 22.0 Å². The van der Waals surface area contributed by atoms with E-state index in [0.717, 1.165) is 6.54 Å². The van der Waals surface area contributed by atoms with Crippen LogP contribution in [0.15, 0.2) is 18.2 Å². The van der Waals surface area contributed by atoms with Gasteiger partial charge in [0.05, 0.1) is 4.92 Å². The summed E-state index contributed by atoms with van der Waals surface area (Å²) >= 11 is 0. The lowest BCUT2D eigenvalue weighted by molar-refractivity contribution is -0.385. The lowest BCUT2D eigenvalue weighted by atomic mass is 9.80. The van der Waals surface area contributed by atoms with Crippen molar-refractivity contribution < 1.29 is 14.8 Å². The molecule has 0 aromatic heterocycles. The number of carboxylic acids is 1. The Bertz CT molecular complexity index is 544. The molecule has 0 bridgehead atoms. The number of nitrogens with one attached hydrogen (secondary N) is 1. The molecule has 2 unspecified atom stereocenters. The Morgan fingerprint density at radius 1 is 1.43 bits per heavy atom. The molecule has 0 radical (unpaired) electrons. The fourth-order valence-electron chi connectivity index (χ4n) is 2.92. The molecule has 1 aromatic rings. The standard InChI is InChI=1S/C15H20N2O4/c1-10-4-2-3-5-11(10)9-16-12-6-7-14(17(20)21)13(8-12)15(18)19/h6-8,10-11,16H,2-5,9H2,1H3,(H,18,19). The highest BCUT2D eigenvalue weighted by atomic mass is 16.6. The number of aromatic carboxylic acids is 1. The third-order valence-corrected chi connectivity index (χ3v) is 4.28. The molecule has 2 atom stereocenters. The fraction of sp³-hybridized carbons (Fsp3) is 0.533. The zero-order chi connectivity index (χ0) is 15.4. The Morgan fingerprint density at radius 2 is 2.14 bits per heavy atom. The lowest BCUT2D eigenvalue weighted by Gasteiger charge is -2.29. The second-order valence-corrected chi connectivity index (χ2v) is 5.70. The van der Waals surface area contributed by atoms with Crippen LogP contribution in [-0.2, 0) is 0 Å². The first-order valence-corrected chi connectivity index (χ1v) is 7.24. The van der Waals surface area contributed by atoms with Crippen LogP contribution in [-0.4, -0.2) is 22.5 Å². The van der Waals surface area contributed by atoms with Gasteiger partial charge in [-0.25, -0.2) is 4.79 Å². The molecule has 6 nitrogen and oxygen atoms in total. The van der Waals surface area contributed by atoms with Crippen LogP contribution in [0.3, 0.4) is 0 Å². The van der Waals surface area contributed by atoms with Crippen LogP contribution >= 0.6 is 0 Å². The molecule has 1 saturated carbocycles. The Kier molecular flexibility index (Phi) is 4.77. The van der Waals surface area contributed by atoms with Crippen LogP contribution < -0.4 is 5.32 Å². The topological polar surface area (TPSA) is 92.5 Å². The van der Waals surface area contributed by atoms with Gasteiger partial charge in [-0.2, -0.15) is 0 Å². The van der Waals surface area contributed by atoms with E-state index in [1.807, 2.05) is 0 Å². The summed E-state index contributed by atoms with van der Waals surface area (Å²) in [5.41, 5.74) is -0.0310. The van der Waals surface area contributed by atoms with Crippen LogP contribution in [0.5, 0.6) is 0 Å². The van der Waals surface area contributed by atoms with Crippen molar-refractivity contribution >= 4 is 17.3 Å². The van der Waals surface area contributed by atoms with E-state index in [1.54, 1.807) is 6.07 Å². The Hall–Kier alpha value is -2.11. The molecule has 1 aliphatic rings. The van der Waals surface area contributed by atoms with Crippen LogP contribution in [0.2, 0.25) is 0 Å². The van der Waals surface area contributed by atoms with Crippen molar-refractivity contribution in [3.63, 3.8) is 0 Å². The number of benzene rings is 1. The maximum absolute atomic E-state index is 11.1. The predicted molar refractivity (Wildman–Crippen MR) is 79.7 cm³/mol. The van der Waals surface area contributed by atoms with Crippen molar-refractivity contribution in [3.8, 4) is 0 Å². The normalized spacial score (nSPS) is 21.8. The summed E-state index contributed by atoms with van der Waals surface area (Å²) < 4.78 is 0. The van der Waals surface area contributed by atoms with Gasteiger partial charge in [0, 0.05) is 18.3 Å². The second kappa shape index (κ2) is 6.56. The van der Waals surface area contributed by atoms with Gasteiger partial charge in [-0.05, 0) is 30.4 Å². The summed E-state index contributed by atoms with van der Waals surface area (Å²) in [5.74, 6) is -0.0538. The van der Waals surface area contributed by atoms with Crippen molar-refractivity contribution in [2.24, 2.45) is 11.8 Å². The molecule has 1 aromatic carbocycles. The van der Waals surface area contributed by atoms with Crippen molar-refractivity contribution in [2.45, 2.75) is 32.6 Å². The molecular formula is C15H20N2O4. The minimum absolute atomic E-state index is 0.276. The summed E-state index contributed by atoms with van der Waals surface area (Å²) in [6, 6.07) is 4.15. The zero-order valence-electron chi connectivity index (χ0n) is 12.0. The molecule has 0 spiro atoms. The van der Waals surface area contributed by atoms with Gasteiger partial charge in [0.25, 0.3) is 5.69 Å². The average molecular weight is 292 g/mol. The number of carboxylic acid groups (broad SMARTS) is 1. The van der Waals surface area contributed by atoms with Gasteiger partial charge < -0.3 is 10.4 Å². The van der Waals surface area contributed by atoms with Gasteiger partial charge in [-0.3, -0.25) is 10.1 Å². The number of rotatable bonds is 5. The lowest BCUT2D eigenvalue weighted by Crippen LogP contribution is -2.24. The van der Waals surface area contributed by atoms with E-state index in [9.17, 15) is 14.9 Å². The summed E-state index contributed by atoms with van der Waals surface area (Å²) in [7, 11) is 0. The SMILES string of the molecule is CC1CCCCC1CNc1ccc([N+](=O)[O-])c(C(=O)O)c1. The molecule has 1 aliphatic carbocycles. The van der Waals surface area contributed by atoms with E-state index in [4.69, 9.17) is 5.11 Å². The number of hydrogen-bond donors (Lipinski definition) is 2. The van der Waals surface area contributed by atoms with Crippen LogP contribution in [0.25, 0.3) is 0 Å². The highest BCUT2D eigenvalue weighted by Gasteiger charge is 2.22. The van der Waals surface area contributed by atoms with Gasteiger partial charge in [-0.15, -0.1) is 0 Å². The van der Waals surface area contributed by atoms with Gasteiger partial charge in [0.1, 0.15) is 5.56 Å². The first-order valence-electron chi connectivity index (χ1n) is 7.24. The maximum atomic E-state index is 11.1. The van der Waals surface area contributed by atoms with Gasteiger partial charge >= 0.3 is 5.97 Å². The second-order valence-electron chi connectivity index (χ2n) is 5.70. The molecule has 0 amide bonds. The Morgan fingerprint density at radius 3 is 2.76 bits per heavy atom. The Labute approximate surface area is 123 Å². The third kappa shape index (κ3) is 3.71. The quantitative estimate of drug-likeness (QED) is 0.639. The van der Waals surface area contributed by atoms with Crippen LogP contribution in [0.4, 0.5) is 11.4 Å². The minimum atomic E-state index is -1.28. The molecule has 0 saturated heterocycles. The summed E-state index contributed by atoms with van der Waals surface area (Å²) in [4.78, 5) is 21.2. The first kappa shape index (κ1) is 15.3. The Balaban J connectivity index is 2.08. The molecular weight excluding hydrogens is 272 g/mol. The largest absolute Gasteiger partial charge is 0.477 e. The highest BCUT2D eigenvalue weighted by molar-refractivity contribution is 5.93. The van der Waals surface area contributed by atoms with E-state index < -0.39 is 10.9 Å². The molecule has 0 heterocycles. The number of anilines is 1. The number of nitro benzene ring substituents is 1. The number of nitrogens with zero attached hydrogens (tertiary/aromatic N) is 1. The smallest absolute Gasteiger partial charge is 0.342 e. The molecule has 21 heavy (non-hydrogen) atoms. The highest BCUT2D eigenvalue weighted by Crippen LogP contribution is 2.30. The number of nitro groups is 1. The van der Waals surface area contributed by atoms with Crippen molar-refractivity contribution in [1.29, 1.82) is 0 Å². The number of hydrogen-bond acceptors (Lipinski definition) is 4. The van der Waals surface area contributed by atoms with Crippen LogP contribution in [0.1, 0.15) is 43.0 Å². The fourth-order valence-corrected chi connectivity index (χ4v) is 2.92. The third-order valence-electron chi connectivity index (χ3n) is 4.28. The maximum Gasteiger partial charge on any atom is 0.342 e. The van der Waals surface area contributed by atoms with E-state index in [1.165, 1.54) is 37.8 Å². The van der Waals surface area contributed by atoms with Gasteiger partial charge in [0.15, 0.2) is 0 Å². The summed E-state index contributed by atoms with van der Waals surface area (Å²) in [6.45, 7) is 3.02. The minimum Gasteiger partial charge on any atom is -0.477 e. The molecule has 1 fully saturated rings. The van der Waals surface area contributed by atoms with Crippen molar-refractivity contribution in [1.82, 2.24) is 0 Å². The number of carbonyl (C=O) groups is 1. The molecule has 2 rings (SSSR count). The van der Waals surface area contributed by atoms with Gasteiger partial charge in [-0.1, -0.05) is 26.2 Å². The summed E-state index contributed by atoms with van der Waals surface area (Å²) in [5, 5.41) is 23.1. The summed E-state index contributed by atoms with van der Waals surface area (Å²) in [6.07, 6.45) is 4.91. The van der Waals surface area contributed by atoms with E-state index in [2.05, 4.69) is 12.2 Å². The predicted octanol–water partition coefficient (Wildman–Crippen LogP) is 3.53. The monoisotopic (exact) mass is 292 g/mol. The zero-order valence-corrected chi connectivity index (χ0v) is 12.0. The molecule has 0 aliphatic heterocycles. The van der Waals surface area contributed by atoms with E-state index in [-0.39, 0.29) is 11.3 Å². The van der Waals surface area contributed by atoms with Crippen molar-refractivity contribution in [2.75, 3.05) is 11.9 Å². The van der Waals surface area contributed by atoms with Gasteiger partial charge in [0.2, 0.25) is 0 Å². The van der Waals surface area contributed by atoms with Crippen molar-refractivity contribution in [3.05, 3.63) is 33.9 Å². The molecule has 114 valence electrons. The average Bonchev–Trinajstić information content (AvgIpc) is 2.46. The van der Waals surface area contributed by atoms with E-state index >= 15 is 0 Å².